The number of nitro benzene ring substituents is 1. The first-order valence-electron chi connectivity index (χ1n) is 12.7. The maximum Gasteiger partial charge on any atom is 0.338 e. The lowest BCUT2D eigenvalue weighted by molar-refractivity contribution is -0.384. The maximum absolute atomic E-state index is 11.7. The van der Waals surface area contributed by atoms with Crippen molar-refractivity contribution in [1.29, 1.82) is 0 Å². The summed E-state index contributed by atoms with van der Waals surface area (Å²) in [5.41, 5.74) is 0.541. The van der Waals surface area contributed by atoms with Crippen molar-refractivity contribution in [2.24, 2.45) is 0 Å². The standard InChI is InChI=1S/C27H37NO11/c29-27(24-4-2-1-3-5-24)39-23-21-37-19-17-35-15-13-33-11-10-32-12-14-34-16-18-36-20-22-38-26-8-6-25(7-9-26)28(30)31/h1-9H,10-23H2. The lowest BCUT2D eigenvalue weighted by atomic mass is 10.2. The first-order valence-corrected chi connectivity index (χ1v) is 12.7. The van der Waals surface area contributed by atoms with Gasteiger partial charge in [-0.3, -0.25) is 10.1 Å². The number of hydrogen-bond donors (Lipinski definition) is 0. The Labute approximate surface area is 228 Å². The van der Waals surface area contributed by atoms with E-state index in [2.05, 4.69) is 0 Å². The van der Waals surface area contributed by atoms with Gasteiger partial charge >= 0.3 is 5.97 Å². The van der Waals surface area contributed by atoms with Crippen molar-refractivity contribution < 1.29 is 47.6 Å². The normalized spacial score (nSPS) is 10.9. The fourth-order valence-corrected chi connectivity index (χ4v) is 2.94. The van der Waals surface area contributed by atoms with Gasteiger partial charge in [0, 0.05) is 12.1 Å². The zero-order valence-corrected chi connectivity index (χ0v) is 22.0. The summed E-state index contributed by atoms with van der Waals surface area (Å²) in [5, 5.41) is 10.6. The number of nitro groups is 1. The monoisotopic (exact) mass is 551 g/mol. The first kappa shape index (κ1) is 32.1. The van der Waals surface area contributed by atoms with Crippen LogP contribution in [0.5, 0.6) is 5.75 Å². The lowest BCUT2D eigenvalue weighted by Gasteiger charge is -2.09. The topological polar surface area (TPSA) is 134 Å². The summed E-state index contributed by atoms with van der Waals surface area (Å²) in [6.45, 7) is 5.70. The molecule has 2 rings (SSSR count). The number of nitrogens with zero attached hydrogens (tertiary/aromatic N) is 1. The van der Waals surface area contributed by atoms with Gasteiger partial charge in [-0.05, 0) is 24.3 Å². The average molecular weight is 552 g/mol. The molecule has 0 saturated heterocycles. The van der Waals surface area contributed by atoms with Gasteiger partial charge in [0.2, 0.25) is 0 Å². The first-order chi connectivity index (χ1) is 19.2. The molecule has 0 aromatic heterocycles. The molecule has 0 aliphatic heterocycles. The van der Waals surface area contributed by atoms with E-state index in [4.69, 9.17) is 37.9 Å². The number of esters is 1. The summed E-state index contributed by atoms with van der Waals surface area (Å²) in [4.78, 5) is 21.9. The van der Waals surface area contributed by atoms with Crippen molar-refractivity contribution >= 4 is 11.7 Å². The molecule has 0 atom stereocenters. The highest BCUT2D eigenvalue weighted by Crippen LogP contribution is 2.17. The van der Waals surface area contributed by atoms with E-state index in [0.29, 0.717) is 97.2 Å². The number of carbonyl (C=O) groups excluding carboxylic acids is 1. The smallest absolute Gasteiger partial charge is 0.338 e. The van der Waals surface area contributed by atoms with Crippen LogP contribution in [0.15, 0.2) is 54.6 Å². The Balaban J connectivity index is 1.23. The lowest BCUT2D eigenvalue weighted by Crippen LogP contribution is -2.15. The number of rotatable bonds is 24. The van der Waals surface area contributed by atoms with Crippen LogP contribution in [-0.4, -0.2) is 103 Å². The molecule has 0 radical (unpaired) electrons. The van der Waals surface area contributed by atoms with Crippen molar-refractivity contribution in [3.05, 3.63) is 70.3 Å². The van der Waals surface area contributed by atoms with Crippen LogP contribution in [0.25, 0.3) is 0 Å². The molecule has 0 unspecified atom stereocenters. The zero-order chi connectivity index (χ0) is 27.8. The molecule has 0 heterocycles. The number of carbonyl (C=O) groups is 1. The molecule has 12 nitrogen and oxygen atoms in total. The van der Waals surface area contributed by atoms with E-state index in [0.717, 1.165) is 0 Å². The second kappa shape index (κ2) is 21.8. The van der Waals surface area contributed by atoms with Crippen LogP contribution in [0.3, 0.4) is 0 Å². The molecular formula is C27H37NO11. The predicted octanol–water partition coefficient (Wildman–Crippen LogP) is 2.93. The van der Waals surface area contributed by atoms with Crippen LogP contribution in [-0.2, 0) is 33.2 Å². The van der Waals surface area contributed by atoms with Gasteiger partial charge in [0.1, 0.15) is 19.0 Å². The zero-order valence-electron chi connectivity index (χ0n) is 22.0. The summed E-state index contributed by atoms with van der Waals surface area (Å²) < 4.78 is 43.0. The summed E-state index contributed by atoms with van der Waals surface area (Å²) in [7, 11) is 0. The summed E-state index contributed by atoms with van der Waals surface area (Å²) in [5.74, 6) is 0.188. The molecule has 0 bridgehead atoms. The molecule has 0 spiro atoms. The van der Waals surface area contributed by atoms with E-state index in [1.54, 1.807) is 36.4 Å². The largest absolute Gasteiger partial charge is 0.491 e. The third-order valence-corrected chi connectivity index (χ3v) is 4.87. The Morgan fingerprint density at radius 1 is 0.564 bits per heavy atom. The second-order valence-corrected chi connectivity index (χ2v) is 7.78. The molecule has 12 heteroatoms. The van der Waals surface area contributed by atoms with E-state index in [9.17, 15) is 14.9 Å². The molecule has 2 aromatic carbocycles. The van der Waals surface area contributed by atoms with Crippen LogP contribution >= 0.6 is 0 Å². The van der Waals surface area contributed by atoms with E-state index in [-0.39, 0.29) is 18.3 Å². The Morgan fingerprint density at radius 3 is 1.41 bits per heavy atom. The number of hydrogen-bond acceptors (Lipinski definition) is 11. The fourth-order valence-electron chi connectivity index (χ4n) is 2.94. The maximum atomic E-state index is 11.7. The molecule has 216 valence electrons. The van der Waals surface area contributed by atoms with Gasteiger partial charge < -0.3 is 37.9 Å². The summed E-state index contributed by atoms with van der Waals surface area (Å²) in [6.07, 6.45) is 0. The van der Waals surface area contributed by atoms with Crippen LogP contribution in [0.2, 0.25) is 0 Å². The Kier molecular flexibility index (Phi) is 17.9. The summed E-state index contributed by atoms with van der Waals surface area (Å²) in [6, 6.07) is 14.7. The van der Waals surface area contributed by atoms with Gasteiger partial charge in [-0.2, -0.15) is 0 Å². The molecule has 0 amide bonds. The SMILES string of the molecule is O=C(OCCOCCOCCOCCOCCOCCOCCOc1ccc([N+](=O)[O-])cc1)c1ccccc1. The quantitative estimate of drug-likeness (QED) is 0.0825. The van der Waals surface area contributed by atoms with Crippen molar-refractivity contribution in [1.82, 2.24) is 0 Å². The van der Waals surface area contributed by atoms with Crippen molar-refractivity contribution in [3.63, 3.8) is 0 Å². The molecule has 0 fully saturated rings. The third-order valence-electron chi connectivity index (χ3n) is 4.87. The second-order valence-electron chi connectivity index (χ2n) is 7.78. The highest BCUT2D eigenvalue weighted by molar-refractivity contribution is 5.89. The van der Waals surface area contributed by atoms with E-state index < -0.39 is 4.92 Å². The molecule has 0 aliphatic rings. The van der Waals surface area contributed by atoms with Crippen LogP contribution in [0.1, 0.15) is 10.4 Å². The Morgan fingerprint density at radius 2 is 0.974 bits per heavy atom. The van der Waals surface area contributed by atoms with Crippen LogP contribution in [0, 0.1) is 10.1 Å². The molecular weight excluding hydrogens is 514 g/mol. The van der Waals surface area contributed by atoms with Gasteiger partial charge in [0.25, 0.3) is 5.69 Å². The van der Waals surface area contributed by atoms with Crippen molar-refractivity contribution in [2.45, 2.75) is 0 Å². The molecule has 39 heavy (non-hydrogen) atoms. The Bertz CT molecular complexity index is 896. The van der Waals surface area contributed by atoms with Crippen molar-refractivity contribution in [2.75, 3.05) is 92.5 Å². The number of ether oxygens (including phenoxy) is 8. The van der Waals surface area contributed by atoms with Gasteiger partial charge in [0.05, 0.1) is 89.8 Å². The molecule has 2 aromatic rings. The van der Waals surface area contributed by atoms with Crippen LogP contribution in [0.4, 0.5) is 5.69 Å². The minimum absolute atomic E-state index is 0.0227. The minimum Gasteiger partial charge on any atom is -0.491 e. The van der Waals surface area contributed by atoms with E-state index in [1.807, 2.05) is 6.07 Å². The van der Waals surface area contributed by atoms with Crippen LogP contribution < -0.4 is 4.74 Å². The number of non-ortho nitro benzene ring substituents is 1. The fraction of sp³-hybridized carbons (Fsp3) is 0.519. The Hall–Kier alpha value is -3.13. The van der Waals surface area contributed by atoms with E-state index in [1.165, 1.54) is 12.1 Å². The van der Waals surface area contributed by atoms with Gasteiger partial charge in [0.15, 0.2) is 0 Å². The van der Waals surface area contributed by atoms with Gasteiger partial charge in [-0.15, -0.1) is 0 Å². The molecule has 0 saturated carbocycles. The van der Waals surface area contributed by atoms with Gasteiger partial charge in [-0.1, -0.05) is 18.2 Å². The van der Waals surface area contributed by atoms with Gasteiger partial charge in [-0.25, -0.2) is 4.79 Å². The number of benzene rings is 2. The van der Waals surface area contributed by atoms with Crippen molar-refractivity contribution in [3.8, 4) is 5.75 Å². The molecule has 0 N–H and O–H groups in total. The predicted molar refractivity (Wildman–Crippen MR) is 140 cm³/mol. The molecule has 0 aliphatic carbocycles. The highest BCUT2D eigenvalue weighted by Gasteiger charge is 2.05. The highest BCUT2D eigenvalue weighted by atomic mass is 16.6. The minimum atomic E-state index is -0.456. The average Bonchev–Trinajstić information content (AvgIpc) is 2.96. The van der Waals surface area contributed by atoms with E-state index >= 15 is 0 Å². The third kappa shape index (κ3) is 16.4. The summed E-state index contributed by atoms with van der Waals surface area (Å²) >= 11 is 0.